The Labute approximate surface area is 151 Å². The largest absolute Gasteiger partial charge is 0.493 e. The van der Waals surface area contributed by atoms with Crippen LogP contribution in [0.1, 0.15) is 49.4 Å². The number of carbonyl (C=O) groups is 1. The van der Waals surface area contributed by atoms with E-state index in [0.29, 0.717) is 35.5 Å². The molecule has 2 fully saturated rings. The number of ether oxygens (including phenoxy) is 2. The van der Waals surface area contributed by atoms with Gasteiger partial charge in [0.1, 0.15) is 6.04 Å². The Balaban J connectivity index is 1.51. The van der Waals surface area contributed by atoms with E-state index in [1.807, 2.05) is 0 Å². The van der Waals surface area contributed by atoms with Crippen molar-refractivity contribution in [2.45, 2.75) is 37.6 Å². The molecule has 1 N–H and O–H groups in total. The third-order valence-corrected chi connectivity index (χ3v) is 4.84. The number of benzene rings is 1. The molecule has 8 heteroatoms. The summed E-state index contributed by atoms with van der Waals surface area (Å²) in [6, 6.07) is 4.96. The highest BCUT2D eigenvalue weighted by molar-refractivity contribution is 5.92. The maximum atomic E-state index is 12.8. The molecule has 138 valence electrons. The summed E-state index contributed by atoms with van der Waals surface area (Å²) < 4.78 is 16.1. The number of amides is 2. The van der Waals surface area contributed by atoms with E-state index >= 15 is 0 Å². The van der Waals surface area contributed by atoms with Crippen molar-refractivity contribution in [1.29, 1.82) is 0 Å². The number of methoxy groups -OCH3 is 2. The van der Waals surface area contributed by atoms with Crippen molar-refractivity contribution in [2.24, 2.45) is 0 Å². The standard InChI is InChI=1S/C18H22N4O4/c1-24-14-7-3-5-12(15(14)25-2)19-18(23)22-10-4-6-13(22)17-20-16(21-26-17)11-8-9-11/h3,5,7,11,13H,4,6,8-10H2,1-2H3,(H,19,23). The van der Waals surface area contributed by atoms with Gasteiger partial charge < -0.3 is 24.2 Å². The van der Waals surface area contributed by atoms with Crippen molar-refractivity contribution in [1.82, 2.24) is 15.0 Å². The van der Waals surface area contributed by atoms with Crippen LogP contribution in [-0.4, -0.2) is 41.8 Å². The number of likely N-dealkylation sites (tertiary alicyclic amines) is 1. The molecule has 2 aliphatic rings. The zero-order chi connectivity index (χ0) is 18.1. The molecule has 0 radical (unpaired) electrons. The predicted octanol–water partition coefficient (Wildman–Crippen LogP) is 3.33. The van der Waals surface area contributed by atoms with Crippen LogP contribution in [0.2, 0.25) is 0 Å². The topological polar surface area (TPSA) is 89.7 Å². The summed E-state index contributed by atoms with van der Waals surface area (Å²) in [6.45, 7) is 0.643. The van der Waals surface area contributed by atoms with Crippen molar-refractivity contribution >= 4 is 11.7 Å². The highest BCUT2D eigenvalue weighted by atomic mass is 16.5. The molecule has 0 bridgehead atoms. The van der Waals surface area contributed by atoms with Gasteiger partial charge in [-0.3, -0.25) is 0 Å². The van der Waals surface area contributed by atoms with Gasteiger partial charge in [-0.1, -0.05) is 11.2 Å². The average molecular weight is 358 g/mol. The summed E-state index contributed by atoms with van der Waals surface area (Å²) in [5.74, 6) is 2.78. The predicted molar refractivity (Wildman–Crippen MR) is 93.5 cm³/mol. The fraction of sp³-hybridized carbons (Fsp3) is 0.500. The van der Waals surface area contributed by atoms with Crippen LogP contribution in [0, 0.1) is 0 Å². The van der Waals surface area contributed by atoms with Gasteiger partial charge >= 0.3 is 6.03 Å². The highest BCUT2D eigenvalue weighted by Crippen LogP contribution is 2.40. The second-order valence-corrected chi connectivity index (χ2v) is 6.59. The van der Waals surface area contributed by atoms with Gasteiger partial charge in [-0.05, 0) is 37.8 Å². The Kier molecular flexibility index (Phi) is 4.40. The molecule has 1 aliphatic heterocycles. The Bertz CT molecular complexity index is 802. The lowest BCUT2D eigenvalue weighted by Gasteiger charge is -2.23. The summed E-state index contributed by atoms with van der Waals surface area (Å²) in [5, 5.41) is 6.98. The summed E-state index contributed by atoms with van der Waals surface area (Å²) in [6.07, 6.45) is 3.94. The monoisotopic (exact) mass is 358 g/mol. The molecule has 1 unspecified atom stereocenters. The summed E-state index contributed by atoms with van der Waals surface area (Å²) in [7, 11) is 3.11. The molecule has 26 heavy (non-hydrogen) atoms. The molecule has 2 heterocycles. The number of urea groups is 1. The molecule has 1 aliphatic carbocycles. The number of hydrogen-bond donors (Lipinski definition) is 1. The normalized spacial score (nSPS) is 19.5. The van der Waals surface area contributed by atoms with Gasteiger partial charge in [-0.25, -0.2) is 4.79 Å². The fourth-order valence-electron chi connectivity index (χ4n) is 3.33. The zero-order valence-electron chi connectivity index (χ0n) is 14.9. The lowest BCUT2D eigenvalue weighted by molar-refractivity contribution is 0.193. The van der Waals surface area contributed by atoms with Gasteiger partial charge in [0.25, 0.3) is 0 Å². The molecular formula is C18H22N4O4. The van der Waals surface area contributed by atoms with E-state index in [2.05, 4.69) is 15.5 Å². The van der Waals surface area contributed by atoms with Crippen LogP contribution in [-0.2, 0) is 0 Å². The molecule has 8 nitrogen and oxygen atoms in total. The highest BCUT2D eigenvalue weighted by Gasteiger charge is 2.36. The van der Waals surface area contributed by atoms with E-state index in [1.165, 1.54) is 0 Å². The summed E-state index contributed by atoms with van der Waals surface area (Å²) in [5.41, 5.74) is 0.562. The van der Waals surface area contributed by atoms with Crippen LogP contribution < -0.4 is 14.8 Å². The molecule has 1 aromatic heterocycles. The van der Waals surface area contributed by atoms with Crippen molar-refractivity contribution in [3.8, 4) is 11.5 Å². The lowest BCUT2D eigenvalue weighted by atomic mass is 10.2. The third-order valence-electron chi connectivity index (χ3n) is 4.84. The smallest absolute Gasteiger partial charge is 0.322 e. The van der Waals surface area contributed by atoms with Crippen molar-refractivity contribution < 1.29 is 18.8 Å². The van der Waals surface area contributed by atoms with Crippen LogP contribution in [0.5, 0.6) is 11.5 Å². The van der Waals surface area contributed by atoms with Crippen LogP contribution in [0.15, 0.2) is 22.7 Å². The van der Waals surface area contributed by atoms with Crippen LogP contribution >= 0.6 is 0 Å². The number of carbonyl (C=O) groups excluding carboxylic acids is 1. The van der Waals surface area contributed by atoms with Gasteiger partial charge in [-0.2, -0.15) is 4.98 Å². The number of rotatable bonds is 5. The number of hydrogen-bond acceptors (Lipinski definition) is 6. The molecule has 1 saturated carbocycles. The van der Waals surface area contributed by atoms with Crippen LogP contribution in [0.25, 0.3) is 0 Å². The molecule has 4 rings (SSSR count). The molecule has 2 aromatic rings. The zero-order valence-corrected chi connectivity index (χ0v) is 14.9. The molecule has 0 spiro atoms. The summed E-state index contributed by atoms with van der Waals surface area (Å²) >= 11 is 0. The van der Waals surface area contributed by atoms with Gasteiger partial charge in [0.2, 0.25) is 5.89 Å². The first-order valence-corrected chi connectivity index (χ1v) is 8.83. The first kappa shape index (κ1) is 16.7. The van der Waals surface area contributed by atoms with Crippen molar-refractivity contribution in [2.75, 3.05) is 26.1 Å². The molecular weight excluding hydrogens is 336 g/mol. The number of anilines is 1. The van der Waals surface area contributed by atoms with E-state index in [1.54, 1.807) is 37.3 Å². The third kappa shape index (κ3) is 3.07. The maximum absolute atomic E-state index is 12.8. The van der Waals surface area contributed by atoms with E-state index < -0.39 is 0 Å². The average Bonchev–Trinajstić information content (AvgIpc) is 3.19. The van der Waals surface area contributed by atoms with Gasteiger partial charge in [-0.15, -0.1) is 0 Å². The molecule has 2 amide bonds. The molecule has 1 atom stereocenters. The minimum Gasteiger partial charge on any atom is -0.493 e. The quantitative estimate of drug-likeness (QED) is 0.882. The summed E-state index contributed by atoms with van der Waals surface area (Å²) in [4.78, 5) is 19.1. The van der Waals surface area contributed by atoms with Gasteiger partial charge in [0.05, 0.1) is 19.9 Å². The van der Waals surface area contributed by atoms with Crippen molar-refractivity contribution in [3.05, 3.63) is 29.9 Å². The second-order valence-electron chi connectivity index (χ2n) is 6.59. The number of nitrogens with one attached hydrogen (secondary N) is 1. The van der Waals surface area contributed by atoms with E-state index in [-0.39, 0.29) is 12.1 Å². The Morgan fingerprint density at radius 2 is 2.12 bits per heavy atom. The Hall–Kier alpha value is -2.77. The lowest BCUT2D eigenvalue weighted by Crippen LogP contribution is -2.34. The van der Waals surface area contributed by atoms with E-state index in [9.17, 15) is 4.79 Å². The van der Waals surface area contributed by atoms with E-state index in [4.69, 9.17) is 14.0 Å². The number of para-hydroxylation sites is 1. The maximum Gasteiger partial charge on any atom is 0.322 e. The van der Waals surface area contributed by atoms with Gasteiger partial charge in [0, 0.05) is 12.5 Å². The molecule has 1 saturated heterocycles. The Morgan fingerprint density at radius 1 is 1.27 bits per heavy atom. The second kappa shape index (κ2) is 6.86. The van der Waals surface area contributed by atoms with Crippen molar-refractivity contribution in [3.63, 3.8) is 0 Å². The first-order chi connectivity index (χ1) is 12.7. The van der Waals surface area contributed by atoms with Crippen LogP contribution in [0.3, 0.4) is 0 Å². The van der Waals surface area contributed by atoms with E-state index in [0.717, 1.165) is 31.5 Å². The molecule has 1 aromatic carbocycles. The number of nitrogens with zero attached hydrogens (tertiary/aromatic N) is 3. The Morgan fingerprint density at radius 3 is 2.85 bits per heavy atom. The first-order valence-electron chi connectivity index (χ1n) is 8.83. The fourth-order valence-corrected chi connectivity index (χ4v) is 3.33. The SMILES string of the molecule is COc1cccc(NC(=O)N2CCCC2c2nc(C3CC3)no2)c1OC. The minimum atomic E-state index is -0.217. The number of aromatic nitrogens is 2. The minimum absolute atomic E-state index is 0.188. The van der Waals surface area contributed by atoms with Crippen LogP contribution in [0.4, 0.5) is 10.5 Å². The van der Waals surface area contributed by atoms with Gasteiger partial charge in [0.15, 0.2) is 17.3 Å².